The fourth-order valence-electron chi connectivity index (χ4n) is 6.99. The van der Waals surface area contributed by atoms with E-state index >= 15 is 0 Å². The van der Waals surface area contributed by atoms with Gasteiger partial charge >= 0.3 is 6.03 Å². The summed E-state index contributed by atoms with van der Waals surface area (Å²) in [5, 5.41) is 9.77. The van der Waals surface area contributed by atoms with E-state index in [1.54, 1.807) is 17.0 Å². The van der Waals surface area contributed by atoms with Crippen molar-refractivity contribution in [2.75, 3.05) is 32.7 Å². The molecule has 1 aromatic rings. The Kier molecular flexibility index (Phi) is 10.5. The second kappa shape index (κ2) is 13.7. The van der Waals surface area contributed by atoms with Crippen LogP contribution in [-0.2, 0) is 16.0 Å². The Morgan fingerprint density at radius 3 is 2.24 bits per heavy atom. The van der Waals surface area contributed by atoms with Crippen molar-refractivity contribution in [3.05, 3.63) is 35.6 Å². The molecule has 234 valence electrons. The molecule has 1 aliphatic carbocycles. The Hall–Kier alpha value is -2.68. The highest BCUT2D eigenvalue weighted by molar-refractivity contribution is 5.88. The maximum absolute atomic E-state index is 14.1. The Morgan fingerprint density at radius 2 is 1.64 bits per heavy atom. The van der Waals surface area contributed by atoms with E-state index in [9.17, 15) is 18.8 Å². The van der Waals surface area contributed by atoms with Gasteiger partial charge in [0.2, 0.25) is 11.8 Å². The van der Waals surface area contributed by atoms with Crippen LogP contribution in [0.1, 0.15) is 85.1 Å². The number of hydrogen-bond acceptors (Lipinski definition) is 4. The summed E-state index contributed by atoms with van der Waals surface area (Å²) in [4.78, 5) is 44.9. The highest BCUT2D eigenvalue weighted by Gasteiger charge is 2.49. The molecule has 3 N–H and O–H groups in total. The molecule has 8 nitrogen and oxygen atoms in total. The van der Waals surface area contributed by atoms with E-state index in [1.807, 2.05) is 25.7 Å². The Labute approximate surface area is 251 Å². The SMILES string of the molecule is CC(C)[C@@H]1CN(C(=O)NC(Cc2ccc(F)cc2)C(=O)N2CCC(C(=O)NC(C)(C)C)(C3CCCCC3)CC2)CCN1. The van der Waals surface area contributed by atoms with E-state index in [2.05, 4.69) is 29.8 Å². The van der Waals surface area contributed by atoms with Gasteiger partial charge in [0.1, 0.15) is 11.9 Å². The first-order valence-corrected chi connectivity index (χ1v) is 16.0. The van der Waals surface area contributed by atoms with Gasteiger partial charge in [-0.15, -0.1) is 0 Å². The third kappa shape index (κ3) is 8.03. The van der Waals surface area contributed by atoms with Crippen LogP contribution >= 0.6 is 0 Å². The zero-order valence-corrected chi connectivity index (χ0v) is 26.3. The number of hydrogen-bond donors (Lipinski definition) is 3. The van der Waals surface area contributed by atoms with Crippen LogP contribution < -0.4 is 16.0 Å². The first-order chi connectivity index (χ1) is 19.9. The van der Waals surface area contributed by atoms with E-state index in [4.69, 9.17) is 0 Å². The summed E-state index contributed by atoms with van der Waals surface area (Å²) in [6.45, 7) is 13.1. The number of benzene rings is 1. The number of nitrogens with one attached hydrogen (secondary N) is 3. The molecule has 1 aromatic carbocycles. The van der Waals surface area contributed by atoms with Gasteiger partial charge in [-0.05, 0) is 76.0 Å². The molecule has 0 bridgehead atoms. The van der Waals surface area contributed by atoms with Gasteiger partial charge in [0, 0.05) is 50.7 Å². The van der Waals surface area contributed by atoms with Crippen LogP contribution in [0.2, 0.25) is 0 Å². The predicted octanol–water partition coefficient (Wildman–Crippen LogP) is 4.48. The molecule has 2 aliphatic heterocycles. The lowest BCUT2D eigenvalue weighted by atomic mass is 9.63. The summed E-state index contributed by atoms with van der Waals surface area (Å²) in [6, 6.07) is 5.28. The number of piperazine rings is 1. The topological polar surface area (TPSA) is 93.8 Å². The van der Waals surface area contributed by atoms with E-state index in [0.29, 0.717) is 57.4 Å². The summed E-state index contributed by atoms with van der Waals surface area (Å²) in [5.74, 6) is 0.336. The number of nitrogens with zero attached hydrogens (tertiary/aromatic N) is 2. The molecule has 2 atom stereocenters. The van der Waals surface area contributed by atoms with Crippen LogP contribution in [0.3, 0.4) is 0 Å². The third-order valence-corrected chi connectivity index (χ3v) is 9.54. The van der Waals surface area contributed by atoms with Gasteiger partial charge in [-0.25, -0.2) is 9.18 Å². The van der Waals surface area contributed by atoms with Crippen molar-refractivity contribution in [2.24, 2.45) is 17.3 Å². The second-order valence-electron chi connectivity index (χ2n) is 14.1. The highest BCUT2D eigenvalue weighted by atomic mass is 19.1. The first-order valence-electron chi connectivity index (χ1n) is 16.0. The van der Waals surface area contributed by atoms with Crippen molar-refractivity contribution in [1.29, 1.82) is 0 Å². The molecule has 2 heterocycles. The zero-order chi connectivity index (χ0) is 30.5. The fraction of sp³-hybridized carbons (Fsp3) is 0.727. The van der Waals surface area contributed by atoms with E-state index in [0.717, 1.165) is 31.2 Å². The van der Waals surface area contributed by atoms with Crippen molar-refractivity contribution in [1.82, 2.24) is 25.8 Å². The van der Waals surface area contributed by atoms with Crippen LogP contribution in [0.15, 0.2) is 24.3 Å². The Morgan fingerprint density at radius 1 is 1.00 bits per heavy atom. The van der Waals surface area contributed by atoms with E-state index < -0.39 is 11.5 Å². The summed E-state index contributed by atoms with van der Waals surface area (Å²) in [5.41, 5.74) is -0.0183. The number of amides is 4. The number of rotatable bonds is 7. The average molecular weight is 586 g/mol. The molecule has 2 saturated heterocycles. The van der Waals surface area contributed by atoms with Gasteiger partial charge in [0.15, 0.2) is 0 Å². The Balaban J connectivity index is 1.50. The predicted molar refractivity (Wildman–Crippen MR) is 163 cm³/mol. The van der Waals surface area contributed by atoms with Gasteiger partial charge in [-0.1, -0.05) is 45.2 Å². The number of carbonyl (C=O) groups excluding carboxylic acids is 3. The first kappa shape index (κ1) is 32.2. The normalized spacial score (nSPS) is 22.5. The second-order valence-corrected chi connectivity index (χ2v) is 14.1. The third-order valence-electron chi connectivity index (χ3n) is 9.54. The van der Waals surface area contributed by atoms with E-state index in [1.165, 1.54) is 18.6 Å². The minimum atomic E-state index is -0.777. The number of likely N-dealkylation sites (tertiary alicyclic amines) is 1. The lowest BCUT2D eigenvalue weighted by molar-refractivity contribution is -0.147. The highest BCUT2D eigenvalue weighted by Crippen LogP contribution is 2.46. The lowest BCUT2D eigenvalue weighted by Crippen LogP contribution is -2.61. The number of halogens is 1. The van der Waals surface area contributed by atoms with Crippen molar-refractivity contribution in [3.8, 4) is 0 Å². The van der Waals surface area contributed by atoms with Crippen molar-refractivity contribution >= 4 is 17.8 Å². The fourth-order valence-corrected chi connectivity index (χ4v) is 6.99. The zero-order valence-electron chi connectivity index (χ0n) is 26.3. The largest absolute Gasteiger partial charge is 0.351 e. The molecule has 4 amide bonds. The van der Waals surface area contributed by atoms with Crippen LogP contribution in [0.25, 0.3) is 0 Å². The van der Waals surface area contributed by atoms with Crippen LogP contribution in [0.4, 0.5) is 9.18 Å². The molecule has 42 heavy (non-hydrogen) atoms. The monoisotopic (exact) mass is 585 g/mol. The van der Waals surface area contributed by atoms with Gasteiger partial charge < -0.3 is 25.8 Å². The number of carbonyl (C=O) groups is 3. The molecule has 3 fully saturated rings. The average Bonchev–Trinajstić information content (AvgIpc) is 2.97. The molecule has 9 heteroatoms. The number of urea groups is 1. The maximum Gasteiger partial charge on any atom is 0.318 e. The molecule has 1 saturated carbocycles. The molecule has 0 radical (unpaired) electrons. The molecular formula is C33H52FN5O3. The summed E-state index contributed by atoms with van der Waals surface area (Å²) in [6.07, 6.45) is 7.13. The maximum atomic E-state index is 14.1. The molecule has 4 rings (SSSR count). The minimum Gasteiger partial charge on any atom is -0.351 e. The smallest absolute Gasteiger partial charge is 0.318 e. The van der Waals surface area contributed by atoms with Crippen LogP contribution in [0, 0.1) is 23.1 Å². The van der Waals surface area contributed by atoms with Crippen LogP contribution in [-0.4, -0.2) is 78.0 Å². The molecule has 0 spiro atoms. The summed E-state index contributed by atoms with van der Waals surface area (Å²) >= 11 is 0. The quantitative estimate of drug-likeness (QED) is 0.440. The summed E-state index contributed by atoms with van der Waals surface area (Å²) in [7, 11) is 0. The van der Waals surface area contributed by atoms with Gasteiger partial charge in [-0.3, -0.25) is 9.59 Å². The molecular weight excluding hydrogens is 533 g/mol. The van der Waals surface area contributed by atoms with Crippen LogP contribution in [0.5, 0.6) is 0 Å². The van der Waals surface area contributed by atoms with E-state index in [-0.39, 0.29) is 41.7 Å². The van der Waals surface area contributed by atoms with Crippen molar-refractivity contribution in [3.63, 3.8) is 0 Å². The van der Waals surface area contributed by atoms with Gasteiger partial charge in [0.05, 0.1) is 5.41 Å². The van der Waals surface area contributed by atoms with Crippen molar-refractivity contribution in [2.45, 2.75) is 104 Å². The summed E-state index contributed by atoms with van der Waals surface area (Å²) < 4.78 is 13.6. The standard InChI is InChI=1S/C33H52FN5O3/c1-23(2)28-22-39(20-17-35-28)31(42)36-27(21-24-11-13-26(34)14-12-24)29(40)38-18-15-33(16-19-38,25-9-7-6-8-10-25)30(41)37-32(3,4)5/h11-14,23,25,27-28,35H,6-10,15-22H2,1-5H3,(H,36,42)(H,37,41)/t27?,28-/m0/s1. The Bertz CT molecular complexity index is 1070. The molecule has 3 aliphatic rings. The van der Waals surface area contributed by atoms with Gasteiger partial charge in [0.25, 0.3) is 0 Å². The van der Waals surface area contributed by atoms with Crippen molar-refractivity contribution < 1.29 is 18.8 Å². The molecule has 0 aromatic heterocycles. The number of piperidine rings is 1. The minimum absolute atomic E-state index is 0.114. The van der Waals surface area contributed by atoms with Gasteiger partial charge in [-0.2, -0.15) is 0 Å². The lowest BCUT2D eigenvalue weighted by Gasteiger charge is -2.48. The molecule has 1 unspecified atom stereocenters.